The third-order valence-corrected chi connectivity index (χ3v) is 8.26. The van der Waals surface area contributed by atoms with E-state index in [2.05, 4.69) is 35.4 Å². The van der Waals surface area contributed by atoms with E-state index in [0.29, 0.717) is 25.8 Å². The number of hydrogen-bond acceptors (Lipinski definition) is 4. The number of hydrogen-bond donors (Lipinski definition) is 4. The van der Waals surface area contributed by atoms with Crippen LogP contribution in [0.2, 0.25) is 0 Å². The first-order valence-electron chi connectivity index (χ1n) is 14.6. The van der Waals surface area contributed by atoms with Crippen molar-refractivity contribution >= 4 is 23.8 Å². The molecule has 39 heavy (non-hydrogen) atoms. The molecule has 4 unspecified atom stereocenters. The Morgan fingerprint density at radius 3 is 2.36 bits per heavy atom. The molecule has 0 spiro atoms. The fourth-order valence-corrected chi connectivity index (χ4v) is 5.69. The number of carbonyl (C=O) groups excluding carboxylic acids is 4. The number of carbonyl (C=O) groups is 4. The van der Waals surface area contributed by atoms with E-state index in [-0.39, 0.29) is 29.2 Å². The largest absolute Gasteiger partial charge is 0.366 e. The zero-order chi connectivity index (χ0) is 29.2. The molecule has 1 aliphatic carbocycles. The summed E-state index contributed by atoms with van der Waals surface area (Å²) in [4.78, 5) is 53.5. The lowest BCUT2D eigenvalue weighted by atomic mass is 9.82. The number of nitrogens with zero attached hydrogens (tertiary/aromatic N) is 1. The van der Waals surface area contributed by atoms with Gasteiger partial charge in [0.2, 0.25) is 17.7 Å². The molecule has 5 N–H and O–H groups in total. The summed E-state index contributed by atoms with van der Waals surface area (Å²) < 4.78 is 0. The highest BCUT2D eigenvalue weighted by Crippen LogP contribution is 2.29. The molecule has 218 valence electrons. The second-order valence-corrected chi connectivity index (χ2v) is 11.7. The Kier molecular flexibility index (Phi) is 12.3. The first-order chi connectivity index (χ1) is 18.4. The van der Waals surface area contributed by atoms with Crippen molar-refractivity contribution in [3.8, 4) is 12.3 Å². The maximum absolute atomic E-state index is 14.0. The van der Waals surface area contributed by atoms with Gasteiger partial charge in [0, 0.05) is 12.1 Å². The lowest BCUT2D eigenvalue weighted by Crippen LogP contribution is -2.60. The van der Waals surface area contributed by atoms with Gasteiger partial charge >= 0.3 is 6.03 Å². The number of terminal acetylenes is 1. The molecular formula is C30H49N5O4. The normalized spacial score (nSPS) is 22.6. The monoisotopic (exact) mass is 543 g/mol. The van der Waals surface area contributed by atoms with E-state index in [1.165, 1.54) is 0 Å². The van der Waals surface area contributed by atoms with Crippen LogP contribution in [0.5, 0.6) is 0 Å². The Balaban J connectivity index is 2.22. The Morgan fingerprint density at radius 2 is 1.77 bits per heavy atom. The van der Waals surface area contributed by atoms with Crippen molar-refractivity contribution in [2.45, 2.75) is 122 Å². The topological polar surface area (TPSA) is 134 Å². The van der Waals surface area contributed by atoms with Crippen LogP contribution in [-0.2, 0) is 14.4 Å². The molecular weight excluding hydrogens is 494 g/mol. The predicted molar refractivity (Wildman–Crippen MR) is 153 cm³/mol. The number of amides is 5. The quantitative estimate of drug-likeness (QED) is 0.161. The summed E-state index contributed by atoms with van der Waals surface area (Å²) in [6.07, 6.45) is 15.7. The molecule has 1 aliphatic heterocycles. The smallest absolute Gasteiger partial charge is 0.316 e. The van der Waals surface area contributed by atoms with Gasteiger partial charge in [0.25, 0.3) is 0 Å². The Bertz CT molecular complexity index is 936. The maximum Gasteiger partial charge on any atom is 0.316 e. The minimum Gasteiger partial charge on any atom is -0.366 e. The molecule has 0 aromatic heterocycles. The lowest BCUT2D eigenvalue weighted by Gasteiger charge is -2.36. The third kappa shape index (κ3) is 9.01. The SMILES string of the molecule is C#CC1(NC(=O)NC(C(=O)N2C[C@H](C)CC2C(=O)NC(C)C(=C)C(N)=O)C(C)CCCCCC)CCCCC1. The molecule has 5 amide bonds. The number of rotatable bonds is 13. The fraction of sp³-hybridized carbons (Fsp3) is 0.733. The van der Waals surface area contributed by atoms with Crippen LogP contribution in [0.25, 0.3) is 0 Å². The molecule has 1 heterocycles. The van der Waals surface area contributed by atoms with E-state index in [1.54, 1.807) is 11.8 Å². The van der Waals surface area contributed by atoms with E-state index in [0.717, 1.165) is 51.4 Å². The highest BCUT2D eigenvalue weighted by atomic mass is 16.2. The second kappa shape index (κ2) is 14.9. The van der Waals surface area contributed by atoms with Crippen LogP contribution in [0.3, 0.4) is 0 Å². The summed E-state index contributed by atoms with van der Waals surface area (Å²) in [5.74, 6) is 1.41. The Labute approximate surface area is 234 Å². The molecule has 9 heteroatoms. The second-order valence-electron chi connectivity index (χ2n) is 11.7. The molecule has 0 aromatic carbocycles. The summed E-state index contributed by atoms with van der Waals surface area (Å²) in [6, 6.07) is -2.63. The third-order valence-electron chi connectivity index (χ3n) is 8.26. The zero-order valence-corrected chi connectivity index (χ0v) is 24.3. The van der Waals surface area contributed by atoms with E-state index in [1.807, 2.05) is 13.8 Å². The van der Waals surface area contributed by atoms with E-state index >= 15 is 0 Å². The Morgan fingerprint density at radius 1 is 1.10 bits per heavy atom. The average molecular weight is 544 g/mol. The van der Waals surface area contributed by atoms with Crippen molar-refractivity contribution in [3.63, 3.8) is 0 Å². The van der Waals surface area contributed by atoms with Crippen LogP contribution < -0.4 is 21.7 Å². The van der Waals surface area contributed by atoms with E-state index in [9.17, 15) is 19.2 Å². The predicted octanol–water partition coefficient (Wildman–Crippen LogP) is 3.38. The number of unbranched alkanes of at least 4 members (excludes halogenated alkanes) is 3. The van der Waals surface area contributed by atoms with Crippen LogP contribution in [0.1, 0.15) is 98.3 Å². The molecule has 0 radical (unpaired) electrons. The van der Waals surface area contributed by atoms with Crippen molar-refractivity contribution in [2.24, 2.45) is 17.6 Å². The number of likely N-dealkylation sites (tertiary alicyclic amines) is 1. The number of urea groups is 1. The van der Waals surface area contributed by atoms with Crippen molar-refractivity contribution < 1.29 is 19.2 Å². The van der Waals surface area contributed by atoms with Gasteiger partial charge in [-0.3, -0.25) is 14.4 Å². The van der Waals surface area contributed by atoms with Crippen molar-refractivity contribution in [2.75, 3.05) is 6.54 Å². The first kappa shape index (κ1) is 32.2. The van der Waals surface area contributed by atoms with Crippen molar-refractivity contribution in [1.82, 2.24) is 20.9 Å². The van der Waals surface area contributed by atoms with E-state index in [4.69, 9.17) is 12.2 Å². The summed E-state index contributed by atoms with van der Waals surface area (Å²) in [5, 5.41) is 8.71. The molecule has 2 aliphatic rings. The zero-order valence-electron chi connectivity index (χ0n) is 24.3. The van der Waals surface area contributed by atoms with Gasteiger partial charge in [0.15, 0.2) is 0 Å². The van der Waals surface area contributed by atoms with Gasteiger partial charge in [-0.05, 0) is 44.4 Å². The van der Waals surface area contributed by atoms with Gasteiger partial charge in [-0.25, -0.2) is 4.79 Å². The fourth-order valence-electron chi connectivity index (χ4n) is 5.69. The number of nitrogens with one attached hydrogen (secondary N) is 3. The van der Waals surface area contributed by atoms with E-state index < -0.39 is 35.6 Å². The molecule has 2 rings (SSSR count). The highest BCUT2D eigenvalue weighted by Gasteiger charge is 2.43. The Hall–Kier alpha value is -3.02. The van der Waals surface area contributed by atoms with Crippen LogP contribution in [-0.4, -0.2) is 58.9 Å². The molecule has 5 atom stereocenters. The van der Waals surface area contributed by atoms with Crippen LogP contribution in [0.4, 0.5) is 4.79 Å². The average Bonchev–Trinajstić information content (AvgIpc) is 3.30. The van der Waals surface area contributed by atoms with Gasteiger partial charge in [-0.15, -0.1) is 6.42 Å². The molecule has 1 saturated carbocycles. The number of nitrogens with two attached hydrogens (primary N) is 1. The molecule has 2 fully saturated rings. The summed E-state index contributed by atoms with van der Waals surface area (Å²) >= 11 is 0. The minimum absolute atomic E-state index is 0.0920. The molecule has 0 bridgehead atoms. The summed E-state index contributed by atoms with van der Waals surface area (Å²) in [5.41, 5.74) is 4.70. The molecule has 0 aromatic rings. The number of primary amides is 1. The van der Waals surface area contributed by atoms with Crippen LogP contribution >= 0.6 is 0 Å². The van der Waals surface area contributed by atoms with Gasteiger partial charge in [0.1, 0.15) is 17.6 Å². The summed E-state index contributed by atoms with van der Waals surface area (Å²) in [6.45, 7) is 11.8. The van der Waals surface area contributed by atoms with Gasteiger partial charge in [-0.1, -0.05) is 78.2 Å². The van der Waals surface area contributed by atoms with Gasteiger partial charge < -0.3 is 26.6 Å². The highest BCUT2D eigenvalue weighted by molar-refractivity contribution is 5.95. The maximum atomic E-state index is 14.0. The van der Waals surface area contributed by atoms with Crippen LogP contribution in [0, 0.1) is 24.2 Å². The summed E-state index contributed by atoms with van der Waals surface area (Å²) in [7, 11) is 0. The van der Waals surface area contributed by atoms with Gasteiger partial charge in [-0.2, -0.15) is 0 Å². The standard InChI is InChI=1S/C30H49N5O4/c1-7-9-10-12-15-21(4)25(33-29(39)34-30(8-2)16-13-11-14-17-30)28(38)35-19-20(3)18-24(35)27(37)32-23(6)22(5)26(31)36/h2,20-21,23-25H,5,7,9-19H2,1,3-4,6H3,(H2,31,36)(H,32,37)(H2,33,34,39)/t20-,21?,23?,24?,25?/m1/s1. The molecule has 1 saturated heterocycles. The van der Waals surface area contributed by atoms with Crippen molar-refractivity contribution in [1.29, 1.82) is 0 Å². The van der Waals surface area contributed by atoms with Gasteiger partial charge in [0.05, 0.1) is 6.04 Å². The minimum atomic E-state index is -0.802. The molecule has 9 nitrogen and oxygen atoms in total. The first-order valence-corrected chi connectivity index (χ1v) is 14.6. The van der Waals surface area contributed by atoms with Crippen molar-refractivity contribution in [3.05, 3.63) is 12.2 Å². The van der Waals surface area contributed by atoms with Crippen LogP contribution in [0.15, 0.2) is 12.2 Å². The lowest BCUT2D eigenvalue weighted by molar-refractivity contribution is -0.141.